The Hall–Kier alpha value is -2.30. The Morgan fingerprint density at radius 1 is 1.29 bits per heavy atom. The van der Waals surface area contributed by atoms with E-state index in [0.29, 0.717) is 19.3 Å². The minimum Gasteiger partial charge on any atom is -0.481 e. The molecule has 1 fully saturated rings. The van der Waals surface area contributed by atoms with Crippen molar-refractivity contribution in [3.63, 3.8) is 0 Å². The maximum atomic E-state index is 12.1. The molecule has 21 heavy (non-hydrogen) atoms. The number of aliphatic carboxylic acids is 1. The molecule has 5 nitrogen and oxygen atoms in total. The van der Waals surface area contributed by atoms with Gasteiger partial charge in [0.05, 0.1) is 12.3 Å². The molecule has 0 radical (unpaired) electrons. The molecule has 3 N–H and O–H groups in total. The van der Waals surface area contributed by atoms with Crippen molar-refractivity contribution in [1.29, 1.82) is 0 Å². The SMILES string of the molecule is O=C(Cc1c[nH]c2ccccc12)NC1CCC(C(=O)O)C1. The Morgan fingerprint density at radius 2 is 2.10 bits per heavy atom. The highest BCUT2D eigenvalue weighted by atomic mass is 16.4. The fourth-order valence-electron chi connectivity index (χ4n) is 3.07. The van der Waals surface area contributed by atoms with E-state index in [0.717, 1.165) is 22.9 Å². The Bertz CT molecular complexity index is 677. The van der Waals surface area contributed by atoms with Crippen LogP contribution >= 0.6 is 0 Å². The predicted octanol–water partition coefficient (Wildman–Crippen LogP) is 2.08. The third-order valence-corrected chi connectivity index (χ3v) is 4.17. The van der Waals surface area contributed by atoms with Crippen LogP contribution in [-0.2, 0) is 16.0 Å². The van der Waals surface area contributed by atoms with E-state index in [2.05, 4.69) is 10.3 Å². The van der Waals surface area contributed by atoms with Gasteiger partial charge in [-0.1, -0.05) is 18.2 Å². The number of carboxylic acid groups (broad SMARTS) is 1. The van der Waals surface area contributed by atoms with Crippen molar-refractivity contribution in [1.82, 2.24) is 10.3 Å². The Kier molecular flexibility index (Phi) is 3.64. The summed E-state index contributed by atoms with van der Waals surface area (Å²) in [7, 11) is 0. The largest absolute Gasteiger partial charge is 0.481 e. The van der Waals surface area contributed by atoms with E-state index in [9.17, 15) is 9.59 Å². The normalized spacial score (nSPS) is 21.5. The molecule has 5 heteroatoms. The Balaban J connectivity index is 1.61. The van der Waals surface area contributed by atoms with Crippen LogP contribution in [0.4, 0.5) is 0 Å². The molecule has 1 amide bonds. The summed E-state index contributed by atoms with van der Waals surface area (Å²) in [6.45, 7) is 0. The van der Waals surface area contributed by atoms with E-state index in [1.807, 2.05) is 30.5 Å². The first-order chi connectivity index (χ1) is 10.1. The van der Waals surface area contributed by atoms with Crippen molar-refractivity contribution >= 4 is 22.8 Å². The molecule has 1 aliphatic rings. The first-order valence-electron chi connectivity index (χ1n) is 7.20. The molecule has 1 aromatic carbocycles. The number of carbonyl (C=O) groups is 2. The van der Waals surface area contributed by atoms with Gasteiger partial charge in [-0.15, -0.1) is 0 Å². The van der Waals surface area contributed by atoms with Crippen LogP contribution in [0.2, 0.25) is 0 Å². The van der Waals surface area contributed by atoms with Crippen molar-refractivity contribution in [2.75, 3.05) is 0 Å². The molecule has 0 spiro atoms. The lowest BCUT2D eigenvalue weighted by Crippen LogP contribution is -2.34. The number of hydrogen-bond donors (Lipinski definition) is 3. The summed E-state index contributed by atoms with van der Waals surface area (Å²) < 4.78 is 0. The van der Waals surface area contributed by atoms with Gasteiger partial charge < -0.3 is 15.4 Å². The van der Waals surface area contributed by atoms with Crippen LogP contribution in [0.15, 0.2) is 30.5 Å². The number of carbonyl (C=O) groups excluding carboxylic acids is 1. The number of para-hydroxylation sites is 1. The van der Waals surface area contributed by atoms with Crippen LogP contribution in [-0.4, -0.2) is 28.0 Å². The van der Waals surface area contributed by atoms with Crippen molar-refractivity contribution in [2.24, 2.45) is 5.92 Å². The van der Waals surface area contributed by atoms with Crippen LogP contribution in [0, 0.1) is 5.92 Å². The van der Waals surface area contributed by atoms with Gasteiger partial charge >= 0.3 is 5.97 Å². The van der Waals surface area contributed by atoms with Gasteiger partial charge in [0.25, 0.3) is 0 Å². The van der Waals surface area contributed by atoms with E-state index in [-0.39, 0.29) is 17.9 Å². The smallest absolute Gasteiger partial charge is 0.306 e. The number of nitrogens with one attached hydrogen (secondary N) is 2. The standard InChI is InChI=1S/C16H18N2O3/c19-15(18-12-6-5-10(7-12)16(20)21)8-11-9-17-14-4-2-1-3-13(11)14/h1-4,9-10,12,17H,5-8H2,(H,18,19)(H,20,21). The summed E-state index contributed by atoms with van der Waals surface area (Å²) in [6, 6.07) is 7.86. The molecule has 0 aliphatic heterocycles. The molecule has 1 aromatic heterocycles. The van der Waals surface area contributed by atoms with Crippen LogP contribution in [0.1, 0.15) is 24.8 Å². The van der Waals surface area contributed by atoms with Gasteiger partial charge in [0, 0.05) is 23.1 Å². The number of hydrogen-bond acceptors (Lipinski definition) is 2. The summed E-state index contributed by atoms with van der Waals surface area (Å²) in [5.74, 6) is -1.12. The lowest BCUT2D eigenvalue weighted by Gasteiger charge is -2.12. The van der Waals surface area contributed by atoms with Crippen LogP contribution in [0.5, 0.6) is 0 Å². The first-order valence-corrected chi connectivity index (χ1v) is 7.20. The highest BCUT2D eigenvalue weighted by Gasteiger charge is 2.30. The molecule has 1 saturated carbocycles. The van der Waals surface area contributed by atoms with E-state index in [1.165, 1.54) is 0 Å². The number of carboxylic acids is 1. The topological polar surface area (TPSA) is 82.2 Å². The van der Waals surface area contributed by atoms with Crippen molar-refractivity contribution < 1.29 is 14.7 Å². The van der Waals surface area contributed by atoms with Crippen molar-refractivity contribution in [3.8, 4) is 0 Å². The van der Waals surface area contributed by atoms with Gasteiger partial charge in [-0.05, 0) is 30.9 Å². The Labute approximate surface area is 122 Å². The van der Waals surface area contributed by atoms with E-state index in [4.69, 9.17) is 5.11 Å². The second-order valence-electron chi connectivity index (χ2n) is 5.65. The summed E-state index contributed by atoms with van der Waals surface area (Å²) in [5.41, 5.74) is 1.99. The third-order valence-electron chi connectivity index (χ3n) is 4.17. The van der Waals surface area contributed by atoms with Crippen molar-refractivity contribution in [2.45, 2.75) is 31.7 Å². The minimum absolute atomic E-state index is 0.0104. The number of H-pyrrole nitrogens is 1. The quantitative estimate of drug-likeness (QED) is 0.804. The maximum absolute atomic E-state index is 12.1. The zero-order chi connectivity index (χ0) is 14.8. The van der Waals surface area contributed by atoms with Gasteiger partial charge in [0.2, 0.25) is 5.91 Å². The predicted molar refractivity (Wildman–Crippen MR) is 78.9 cm³/mol. The van der Waals surface area contributed by atoms with Crippen LogP contribution < -0.4 is 5.32 Å². The van der Waals surface area contributed by atoms with Crippen LogP contribution in [0.25, 0.3) is 10.9 Å². The molecule has 3 rings (SSSR count). The molecule has 2 aromatic rings. The zero-order valence-corrected chi connectivity index (χ0v) is 11.6. The molecule has 0 bridgehead atoms. The van der Waals surface area contributed by atoms with E-state index in [1.54, 1.807) is 0 Å². The number of amides is 1. The highest BCUT2D eigenvalue weighted by Crippen LogP contribution is 2.26. The fraction of sp³-hybridized carbons (Fsp3) is 0.375. The van der Waals surface area contributed by atoms with Gasteiger partial charge in [-0.2, -0.15) is 0 Å². The van der Waals surface area contributed by atoms with Crippen LogP contribution in [0.3, 0.4) is 0 Å². The molecule has 1 aliphatic carbocycles. The Morgan fingerprint density at radius 3 is 2.86 bits per heavy atom. The summed E-state index contributed by atoms with van der Waals surface area (Å²) >= 11 is 0. The van der Waals surface area contributed by atoms with Gasteiger partial charge in [-0.3, -0.25) is 9.59 Å². The summed E-state index contributed by atoms with van der Waals surface area (Å²) in [4.78, 5) is 26.2. The number of fused-ring (bicyclic) bond motifs is 1. The summed E-state index contributed by atoms with van der Waals surface area (Å²) in [6.07, 6.45) is 4.11. The average molecular weight is 286 g/mol. The lowest BCUT2D eigenvalue weighted by molar-refractivity contribution is -0.141. The van der Waals surface area contributed by atoms with E-state index < -0.39 is 5.97 Å². The number of rotatable bonds is 4. The number of aromatic nitrogens is 1. The highest BCUT2D eigenvalue weighted by molar-refractivity contribution is 5.89. The molecular weight excluding hydrogens is 268 g/mol. The van der Waals surface area contributed by atoms with Crippen molar-refractivity contribution in [3.05, 3.63) is 36.0 Å². The summed E-state index contributed by atoms with van der Waals surface area (Å²) in [5, 5.41) is 13.0. The molecule has 1 heterocycles. The number of aromatic amines is 1. The first kappa shape index (κ1) is 13.7. The maximum Gasteiger partial charge on any atom is 0.306 e. The molecule has 2 atom stereocenters. The fourth-order valence-corrected chi connectivity index (χ4v) is 3.07. The molecule has 110 valence electrons. The zero-order valence-electron chi connectivity index (χ0n) is 11.6. The second kappa shape index (κ2) is 5.60. The number of benzene rings is 1. The third kappa shape index (κ3) is 2.91. The van der Waals surface area contributed by atoms with E-state index >= 15 is 0 Å². The second-order valence-corrected chi connectivity index (χ2v) is 5.65. The molecule has 2 unspecified atom stereocenters. The molecular formula is C16H18N2O3. The van der Waals surface area contributed by atoms with Gasteiger partial charge in [0.15, 0.2) is 0 Å². The monoisotopic (exact) mass is 286 g/mol. The van der Waals surface area contributed by atoms with Gasteiger partial charge in [-0.25, -0.2) is 0 Å². The lowest BCUT2D eigenvalue weighted by atomic mass is 10.1. The van der Waals surface area contributed by atoms with Gasteiger partial charge in [0.1, 0.15) is 0 Å². The minimum atomic E-state index is -0.761. The average Bonchev–Trinajstić information content (AvgIpc) is 3.07. The molecule has 0 saturated heterocycles.